The van der Waals surface area contributed by atoms with Crippen molar-refractivity contribution in [1.29, 1.82) is 0 Å². The van der Waals surface area contributed by atoms with Crippen molar-refractivity contribution >= 4 is 23.4 Å². The molecular formula is C34H47N3O3. The lowest BCUT2D eigenvalue weighted by atomic mass is 9.81. The minimum atomic E-state index is -0.836. The van der Waals surface area contributed by atoms with Crippen LogP contribution in [0.1, 0.15) is 96.6 Å². The summed E-state index contributed by atoms with van der Waals surface area (Å²) in [6.07, 6.45) is 10.1. The summed E-state index contributed by atoms with van der Waals surface area (Å²) < 4.78 is 0. The Balaban J connectivity index is 1.69. The van der Waals surface area contributed by atoms with E-state index in [1.54, 1.807) is 0 Å². The van der Waals surface area contributed by atoms with Gasteiger partial charge in [-0.3, -0.25) is 14.4 Å². The Morgan fingerprint density at radius 1 is 0.975 bits per heavy atom. The predicted octanol–water partition coefficient (Wildman–Crippen LogP) is 6.78. The van der Waals surface area contributed by atoms with Crippen molar-refractivity contribution in [2.24, 2.45) is 29.4 Å². The maximum Gasteiger partial charge on any atom is 0.254 e. The molecule has 2 aromatic rings. The fourth-order valence-electron chi connectivity index (χ4n) is 6.67. The van der Waals surface area contributed by atoms with Crippen LogP contribution in [-0.2, 0) is 14.4 Å². The van der Waals surface area contributed by atoms with E-state index in [1.807, 2.05) is 61.2 Å². The minimum Gasteiger partial charge on any atom is -0.369 e. The number of nitrogens with zero attached hydrogens (tertiary/aromatic N) is 1. The summed E-state index contributed by atoms with van der Waals surface area (Å²) in [6, 6.07) is 15.1. The minimum absolute atomic E-state index is 0.117. The molecule has 1 saturated carbocycles. The number of benzene rings is 2. The number of carbonyl (C=O) groups is 3. The first-order chi connectivity index (χ1) is 19.3. The molecular weight excluding hydrogens is 498 g/mol. The summed E-state index contributed by atoms with van der Waals surface area (Å²) in [5.41, 5.74) is 9.49. The third-order valence-electron chi connectivity index (χ3n) is 8.82. The smallest absolute Gasteiger partial charge is 0.254 e. The second-order valence-corrected chi connectivity index (χ2v) is 12.2. The van der Waals surface area contributed by atoms with Crippen LogP contribution in [0.15, 0.2) is 48.5 Å². The number of unbranched alkanes of at least 4 members (excludes halogenated alkanes) is 1. The van der Waals surface area contributed by atoms with E-state index >= 15 is 0 Å². The molecule has 6 heteroatoms. The van der Waals surface area contributed by atoms with E-state index in [2.05, 4.69) is 18.3 Å². The van der Waals surface area contributed by atoms with Gasteiger partial charge in [-0.2, -0.15) is 0 Å². The Morgan fingerprint density at radius 3 is 2.33 bits per heavy atom. The van der Waals surface area contributed by atoms with Crippen LogP contribution >= 0.6 is 0 Å². The monoisotopic (exact) mass is 545 g/mol. The molecule has 6 nitrogen and oxygen atoms in total. The van der Waals surface area contributed by atoms with Crippen molar-refractivity contribution in [3.05, 3.63) is 54.1 Å². The maximum absolute atomic E-state index is 14.4. The molecule has 1 heterocycles. The number of amides is 3. The molecule has 3 atom stereocenters. The Bertz CT molecular complexity index is 1170. The zero-order valence-electron chi connectivity index (χ0n) is 24.5. The van der Waals surface area contributed by atoms with Crippen molar-refractivity contribution < 1.29 is 14.4 Å². The number of anilines is 1. The fraction of sp³-hybridized carbons (Fsp3) is 0.559. The highest BCUT2D eigenvalue weighted by Crippen LogP contribution is 2.41. The molecule has 3 unspecified atom stereocenters. The van der Waals surface area contributed by atoms with Gasteiger partial charge in [-0.1, -0.05) is 108 Å². The molecule has 216 valence electrons. The second-order valence-electron chi connectivity index (χ2n) is 12.2. The topological polar surface area (TPSA) is 92.5 Å². The summed E-state index contributed by atoms with van der Waals surface area (Å²) in [6.45, 7) is 6.79. The molecule has 0 bridgehead atoms. The van der Waals surface area contributed by atoms with E-state index in [4.69, 9.17) is 5.73 Å². The van der Waals surface area contributed by atoms with E-state index in [-0.39, 0.29) is 17.7 Å². The number of nitrogens with two attached hydrogens (primary N) is 1. The van der Waals surface area contributed by atoms with Crippen LogP contribution in [0, 0.1) is 23.7 Å². The van der Waals surface area contributed by atoms with Crippen LogP contribution in [0.5, 0.6) is 0 Å². The maximum atomic E-state index is 14.4. The van der Waals surface area contributed by atoms with Gasteiger partial charge in [-0.15, -0.1) is 0 Å². The van der Waals surface area contributed by atoms with Gasteiger partial charge in [0.15, 0.2) is 0 Å². The number of hydrogen-bond donors (Lipinski definition) is 2. The molecule has 1 aliphatic heterocycles. The van der Waals surface area contributed by atoms with Crippen LogP contribution < -0.4 is 16.0 Å². The number of rotatable bonds is 12. The molecule has 0 saturated heterocycles. The number of para-hydroxylation sites is 1. The van der Waals surface area contributed by atoms with Gasteiger partial charge in [0, 0.05) is 23.9 Å². The highest BCUT2D eigenvalue weighted by Gasteiger charge is 2.39. The van der Waals surface area contributed by atoms with E-state index in [0.29, 0.717) is 25.3 Å². The van der Waals surface area contributed by atoms with Gasteiger partial charge in [0.25, 0.3) is 5.91 Å². The normalized spacial score (nSPS) is 18.9. The van der Waals surface area contributed by atoms with Crippen LogP contribution in [0.3, 0.4) is 0 Å². The first kappa shape index (κ1) is 29.8. The molecule has 3 amide bonds. The Morgan fingerprint density at radius 2 is 1.65 bits per heavy atom. The van der Waals surface area contributed by atoms with E-state index < -0.39 is 23.8 Å². The van der Waals surface area contributed by atoms with Crippen molar-refractivity contribution in [3.8, 4) is 11.1 Å². The lowest BCUT2D eigenvalue weighted by Gasteiger charge is -2.31. The lowest BCUT2D eigenvalue weighted by Crippen LogP contribution is -2.47. The third-order valence-corrected chi connectivity index (χ3v) is 8.82. The summed E-state index contributed by atoms with van der Waals surface area (Å²) in [5, 5.41) is 3.15. The molecule has 40 heavy (non-hydrogen) atoms. The van der Waals surface area contributed by atoms with Crippen LogP contribution in [0.4, 0.5) is 5.69 Å². The van der Waals surface area contributed by atoms with Crippen molar-refractivity contribution in [2.75, 3.05) is 11.4 Å². The molecule has 0 aromatic heterocycles. The van der Waals surface area contributed by atoms with Crippen LogP contribution in [-0.4, -0.2) is 24.3 Å². The molecule has 2 aliphatic rings. The van der Waals surface area contributed by atoms with Gasteiger partial charge in [0.2, 0.25) is 11.8 Å². The Hall–Kier alpha value is -3.15. The average Bonchev–Trinajstić information content (AvgIpc) is 3.04. The van der Waals surface area contributed by atoms with Gasteiger partial charge < -0.3 is 16.0 Å². The molecule has 0 radical (unpaired) electrons. The first-order valence-corrected chi connectivity index (χ1v) is 15.4. The van der Waals surface area contributed by atoms with Gasteiger partial charge >= 0.3 is 0 Å². The number of fused-ring (bicyclic) bond motifs is 3. The van der Waals surface area contributed by atoms with Crippen LogP contribution in [0.2, 0.25) is 0 Å². The first-order valence-electron chi connectivity index (χ1n) is 15.4. The summed E-state index contributed by atoms with van der Waals surface area (Å²) in [4.78, 5) is 42.9. The van der Waals surface area contributed by atoms with E-state index in [0.717, 1.165) is 41.6 Å². The highest BCUT2D eigenvalue weighted by molar-refractivity contribution is 6.06. The standard InChI is InChI=1S/C34H47N3O3/c1-4-5-15-28(32(35)38)29(22-23(2)3)33(39)36-31-27-18-10-9-16-25(27)26-17-11-12-19-30(26)37(34(31)40)21-20-24-13-7-6-8-14-24/h9-12,16-19,23-24,28-29,31H,4-8,13-15,20-22H2,1-3H3,(H2,35,38)(H,36,39). The zero-order chi connectivity index (χ0) is 28.6. The Labute approximate surface area is 240 Å². The molecule has 2 aromatic carbocycles. The number of primary amides is 1. The summed E-state index contributed by atoms with van der Waals surface area (Å²) >= 11 is 0. The Kier molecular flexibility index (Phi) is 10.4. The highest BCUT2D eigenvalue weighted by atomic mass is 16.2. The van der Waals surface area contributed by atoms with E-state index in [9.17, 15) is 14.4 Å². The summed E-state index contributed by atoms with van der Waals surface area (Å²) in [5.74, 6) is -1.13. The fourth-order valence-corrected chi connectivity index (χ4v) is 6.67. The third kappa shape index (κ3) is 6.94. The number of hydrogen-bond acceptors (Lipinski definition) is 3. The predicted molar refractivity (Wildman–Crippen MR) is 161 cm³/mol. The van der Waals surface area contributed by atoms with Gasteiger partial charge in [0.1, 0.15) is 6.04 Å². The summed E-state index contributed by atoms with van der Waals surface area (Å²) in [7, 11) is 0. The number of carbonyl (C=O) groups excluding carboxylic acids is 3. The van der Waals surface area contributed by atoms with Gasteiger partial charge in [0.05, 0.1) is 5.69 Å². The molecule has 3 N–H and O–H groups in total. The van der Waals surface area contributed by atoms with Gasteiger partial charge in [-0.05, 0) is 48.3 Å². The van der Waals surface area contributed by atoms with Crippen LogP contribution in [0.25, 0.3) is 11.1 Å². The van der Waals surface area contributed by atoms with Crippen molar-refractivity contribution in [2.45, 2.75) is 91.0 Å². The second kappa shape index (κ2) is 14.0. The lowest BCUT2D eigenvalue weighted by molar-refractivity contribution is -0.136. The molecule has 1 fully saturated rings. The van der Waals surface area contributed by atoms with Crippen molar-refractivity contribution in [3.63, 3.8) is 0 Å². The zero-order valence-corrected chi connectivity index (χ0v) is 24.5. The largest absolute Gasteiger partial charge is 0.369 e. The molecule has 1 aliphatic carbocycles. The van der Waals surface area contributed by atoms with Crippen molar-refractivity contribution in [1.82, 2.24) is 5.32 Å². The number of nitrogens with one attached hydrogen (secondary N) is 1. The van der Waals surface area contributed by atoms with E-state index in [1.165, 1.54) is 32.1 Å². The van der Waals surface area contributed by atoms with Gasteiger partial charge in [-0.25, -0.2) is 0 Å². The molecule has 0 spiro atoms. The quantitative estimate of drug-likeness (QED) is 0.308. The molecule has 4 rings (SSSR count). The average molecular weight is 546 g/mol. The SMILES string of the molecule is CCCCC(C(N)=O)C(CC(C)C)C(=O)NC1C(=O)N(CCC2CCCCC2)c2ccccc2-c2ccccc21.